The molecule has 1 aliphatic rings. The van der Waals surface area contributed by atoms with E-state index in [-0.39, 0.29) is 25.1 Å². The highest BCUT2D eigenvalue weighted by Gasteiger charge is 2.40. The fourth-order valence-electron chi connectivity index (χ4n) is 2.53. The summed E-state index contributed by atoms with van der Waals surface area (Å²) in [5.74, 6) is -1.11. The smallest absolute Gasteiger partial charge is 0.312 e. The molecule has 0 aromatic carbocycles. The highest BCUT2D eigenvalue weighted by atomic mass is 16.5. The van der Waals surface area contributed by atoms with Crippen LogP contribution in [0.4, 0.5) is 0 Å². The van der Waals surface area contributed by atoms with Crippen LogP contribution in [0.1, 0.15) is 51.9 Å². The number of esters is 1. The number of ether oxygens (including phenoxy) is 1. The molecule has 0 aliphatic carbocycles. The van der Waals surface area contributed by atoms with E-state index in [1.807, 2.05) is 0 Å². The molecular weight excluding hydrogens is 232 g/mol. The monoisotopic (exact) mass is 258 g/mol. The molecule has 0 radical (unpaired) electrons. The van der Waals surface area contributed by atoms with E-state index in [4.69, 9.17) is 9.84 Å². The number of aliphatic hydroxyl groups excluding tert-OH is 2. The number of aliphatic hydroxyl groups is 2. The van der Waals surface area contributed by atoms with Gasteiger partial charge in [0.2, 0.25) is 0 Å². The number of unbranched alkanes of at least 4 members (excludes halogenated alkanes) is 5. The Kier molecular flexibility index (Phi) is 7.28. The number of carbonyl (C=O) groups excluding carboxylic acids is 1. The summed E-state index contributed by atoms with van der Waals surface area (Å²) in [7, 11) is 0. The lowest BCUT2D eigenvalue weighted by Gasteiger charge is -2.19. The second-order valence-electron chi connectivity index (χ2n) is 5.22. The van der Waals surface area contributed by atoms with Gasteiger partial charge in [-0.3, -0.25) is 4.79 Å². The molecule has 0 amide bonds. The molecule has 0 aromatic rings. The van der Waals surface area contributed by atoms with Gasteiger partial charge in [-0.05, 0) is 6.42 Å². The maximum Gasteiger partial charge on any atom is 0.312 e. The molecule has 1 saturated heterocycles. The van der Waals surface area contributed by atoms with Crippen molar-refractivity contribution in [2.75, 3.05) is 13.2 Å². The third-order valence-corrected chi connectivity index (χ3v) is 3.72. The van der Waals surface area contributed by atoms with Gasteiger partial charge in [0.1, 0.15) is 0 Å². The van der Waals surface area contributed by atoms with Crippen molar-refractivity contribution in [2.24, 2.45) is 11.8 Å². The molecule has 0 spiro atoms. The van der Waals surface area contributed by atoms with Crippen molar-refractivity contribution in [3.8, 4) is 0 Å². The van der Waals surface area contributed by atoms with Gasteiger partial charge in [-0.1, -0.05) is 45.4 Å². The van der Waals surface area contributed by atoms with Crippen molar-refractivity contribution in [3.05, 3.63) is 0 Å². The van der Waals surface area contributed by atoms with Gasteiger partial charge in [0.15, 0.2) is 0 Å². The van der Waals surface area contributed by atoms with Gasteiger partial charge in [-0.2, -0.15) is 0 Å². The number of hydrogen-bond donors (Lipinski definition) is 2. The summed E-state index contributed by atoms with van der Waals surface area (Å²) in [6, 6.07) is 0. The first kappa shape index (κ1) is 15.4. The molecular formula is C14H26O4. The summed E-state index contributed by atoms with van der Waals surface area (Å²) in [4.78, 5) is 11.5. The Labute approximate surface area is 109 Å². The number of hydrogen-bond acceptors (Lipinski definition) is 4. The summed E-state index contributed by atoms with van der Waals surface area (Å²) in [6.45, 7) is 2.34. The van der Waals surface area contributed by atoms with Crippen molar-refractivity contribution in [2.45, 2.75) is 58.0 Å². The van der Waals surface area contributed by atoms with Crippen molar-refractivity contribution >= 4 is 5.97 Å². The lowest BCUT2D eigenvalue weighted by Crippen LogP contribution is -2.31. The van der Waals surface area contributed by atoms with E-state index in [0.29, 0.717) is 6.42 Å². The van der Waals surface area contributed by atoms with Crippen LogP contribution in [0.5, 0.6) is 0 Å². The SMILES string of the molecule is CCCCCCCCC(O)C1C(=O)OCC1CO. The van der Waals surface area contributed by atoms with Gasteiger partial charge < -0.3 is 14.9 Å². The van der Waals surface area contributed by atoms with Gasteiger partial charge in [-0.15, -0.1) is 0 Å². The van der Waals surface area contributed by atoms with Crippen LogP contribution in [0.15, 0.2) is 0 Å². The van der Waals surface area contributed by atoms with Crippen LogP contribution in [-0.4, -0.2) is 35.5 Å². The molecule has 4 heteroatoms. The van der Waals surface area contributed by atoms with E-state index in [2.05, 4.69) is 6.92 Å². The van der Waals surface area contributed by atoms with Gasteiger partial charge in [-0.25, -0.2) is 0 Å². The molecule has 18 heavy (non-hydrogen) atoms. The van der Waals surface area contributed by atoms with Crippen LogP contribution in [0.25, 0.3) is 0 Å². The molecule has 1 aliphatic heterocycles. The van der Waals surface area contributed by atoms with Crippen LogP contribution in [-0.2, 0) is 9.53 Å². The second-order valence-corrected chi connectivity index (χ2v) is 5.22. The summed E-state index contributed by atoms with van der Waals surface area (Å²) in [6.07, 6.45) is 6.94. The van der Waals surface area contributed by atoms with Crippen molar-refractivity contribution in [1.82, 2.24) is 0 Å². The molecule has 0 saturated carbocycles. The zero-order chi connectivity index (χ0) is 13.4. The van der Waals surface area contributed by atoms with E-state index >= 15 is 0 Å². The molecule has 0 aromatic heterocycles. The zero-order valence-corrected chi connectivity index (χ0v) is 11.3. The largest absolute Gasteiger partial charge is 0.465 e. The Morgan fingerprint density at radius 2 is 1.94 bits per heavy atom. The van der Waals surface area contributed by atoms with Crippen LogP contribution < -0.4 is 0 Å². The number of cyclic esters (lactones) is 1. The van der Waals surface area contributed by atoms with E-state index in [1.165, 1.54) is 25.7 Å². The van der Waals surface area contributed by atoms with Crippen LogP contribution in [0, 0.1) is 11.8 Å². The number of carbonyl (C=O) groups is 1. The topological polar surface area (TPSA) is 66.8 Å². The minimum Gasteiger partial charge on any atom is -0.465 e. The maximum atomic E-state index is 11.5. The first-order chi connectivity index (χ1) is 8.70. The summed E-state index contributed by atoms with van der Waals surface area (Å²) in [5.41, 5.74) is 0. The molecule has 1 heterocycles. The first-order valence-electron chi connectivity index (χ1n) is 7.16. The average Bonchev–Trinajstić information content (AvgIpc) is 2.74. The van der Waals surface area contributed by atoms with Crippen LogP contribution in [0.3, 0.4) is 0 Å². The average molecular weight is 258 g/mol. The fraction of sp³-hybridized carbons (Fsp3) is 0.929. The molecule has 1 fully saturated rings. The lowest BCUT2D eigenvalue weighted by molar-refractivity contribution is -0.144. The summed E-state index contributed by atoms with van der Waals surface area (Å²) < 4.78 is 4.89. The minimum atomic E-state index is -0.664. The van der Waals surface area contributed by atoms with Gasteiger partial charge >= 0.3 is 5.97 Å². The van der Waals surface area contributed by atoms with Gasteiger partial charge in [0, 0.05) is 5.92 Å². The van der Waals surface area contributed by atoms with E-state index in [0.717, 1.165) is 12.8 Å². The van der Waals surface area contributed by atoms with E-state index in [1.54, 1.807) is 0 Å². The van der Waals surface area contributed by atoms with Crippen molar-refractivity contribution in [3.63, 3.8) is 0 Å². The van der Waals surface area contributed by atoms with Crippen molar-refractivity contribution < 1.29 is 19.7 Å². The molecule has 3 unspecified atom stereocenters. The molecule has 0 bridgehead atoms. The zero-order valence-electron chi connectivity index (χ0n) is 11.3. The predicted molar refractivity (Wildman–Crippen MR) is 69.0 cm³/mol. The van der Waals surface area contributed by atoms with E-state index in [9.17, 15) is 9.90 Å². The third-order valence-electron chi connectivity index (χ3n) is 3.72. The van der Waals surface area contributed by atoms with Gasteiger partial charge in [0.25, 0.3) is 0 Å². The summed E-state index contributed by atoms with van der Waals surface area (Å²) >= 11 is 0. The molecule has 106 valence electrons. The van der Waals surface area contributed by atoms with Crippen molar-refractivity contribution in [1.29, 1.82) is 0 Å². The van der Waals surface area contributed by atoms with Crippen LogP contribution >= 0.6 is 0 Å². The predicted octanol–water partition coefficient (Wildman–Crippen LogP) is 1.88. The Balaban J connectivity index is 2.19. The number of rotatable bonds is 9. The summed E-state index contributed by atoms with van der Waals surface area (Å²) in [5, 5.41) is 19.1. The molecule has 1 rings (SSSR count). The highest BCUT2D eigenvalue weighted by Crippen LogP contribution is 2.27. The standard InChI is InChI=1S/C14H26O4/c1-2-3-4-5-6-7-8-12(16)13-11(9-15)10-18-14(13)17/h11-13,15-16H,2-10H2,1H3. The second kappa shape index (κ2) is 8.48. The van der Waals surface area contributed by atoms with E-state index < -0.39 is 12.0 Å². The third kappa shape index (κ3) is 4.58. The molecule has 2 N–H and O–H groups in total. The lowest BCUT2D eigenvalue weighted by atomic mass is 9.88. The Morgan fingerprint density at radius 3 is 2.61 bits per heavy atom. The van der Waals surface area contributed by atoms with Gasteiger partial charge in [0.05, 0.1) is 25.2 Å². The highest BCUT2D eigenvalue weighted by molar-refractivity contribution is 5.75. The Morgan fingerprint density at radius 1 is 1.28 bits per heavy atom. The Bertz CT molecular complexity index is 242. The quantitative estimate of drug-likeness (QED) is 0.489. The molecule has 3 atom stereocenters. The maximum absolute atomic E-state index is 11.5. The fourth-order valence-corrected chi connectivity index (χ4v) is 2.53. The Hall–Kier alpha value is -0.610. The minimum absolute atomic E-state index is 0.0933. The first-order valence-corrected chi connectivity index (χ1v) is 7.16. The normalized spacial score (nSPS) is 25.2. The van der Waals surface area contributed by atoms with Crippen LogP contribution in [0.2, 0.25) is 0 Å². The molecule has 4 nitrogen and oxygen atoms in total.